The summed E-state index contributed by atoms with van der Waals surface area (Å²) in [7, 11) is 0. The van der Waals surface area contributed by atoms with Crippen molar-refractivity contribution < 1.29 is 0 Å². The van der Waals surface area contributed by atoms with Gasteiger partial charge in [0.1, 0.15) is 0 Å². The van der Waals surface area contributed by atoms with Gasteiger partial charge in [-0.25, -0.2) is 0 Å². The van der Waals surface area contributed by atoms with Gasteiger partial charge in [0.15, 0.2) is 0 Å². The summed E-state index contributed by atoms with van der Waals surface area (Å²) in [6.07, 6.45) is 3.87. The summed E-state index contributed by atoms with van der Waals surface area (Å²) in [6.45, 7) is 10.5. The average molecular weight is 259 g/mol. The van der Waals surface area contributed by atoms with Crippen LogP contribution in [0.3, 0.4) is 0 Å². The Balaban J connectivity index is 2.01. The van der Waals surface area contributed by atoms with Gasteiger partial charge in [-0.2, -0.15) is 0 Å². The van der Waals surface area contributed by atoms with Crippen LogP contribution in [0.4, 0.5) is 0 Å². The second kappa shape index (κ2) is 6.56. The van der Waals surface area contributed by atoms with Gasteiger partial charge in [-0.05, 0) is 54.7 Å². The van der Waals surface area contributed by atoms with Crippen LogP contribution in [-0.4, -0.2) is 6.54 Å². The molecule has 0 fully saturated rings. The SMILES string of the molecule is CC(C)C(CNC1CCCc2ccccc21)C(C)C. The standard InChI is InChI=1S/C18H29N/c1-13(2)17(14(3)4)12-19-18-11-7-9-15-8-5-6-10-16(15)18/h5-6,8,10,13-14,17-19H,7,9,11-12H2,1-4H3. The molecule has 2 rings (SSSR count). The van der Waals surface area contributed by atoms with Gasteiger partial charge in [-0.1, -0.05) is 52.0 Å². The van der Waals surface area contributed by atoms with Crippen LogP contribution in [0.25, 0.3) is 0 Å². The van der Waals surface area contributed by atoms with Crippen molar-refractivity contribution >= 4 is 0 Å². The predicted molar refractivity (Wildman–Crippen MR) is 83.3 cm³/mol. The number of rotatable bonds is 5. The van der Waals surface area contributed by atoms with E-state index in [0.29, 0.717) is 6.04 Å². The summed E-state index contributed by atoms with van der Waals surface area (Å²) in [6, 6.07) is 9.54. The van der Waals surface area contributed by atoms with E-state index in [1.807, 2.05) is 0 Å². The highest BCUT2D eigenvalue weighted by atomic mass is 14.9. The maximum absolute atomic E-state index is 3.84. The lowest BCUT2D eigenvalue weighted by atomic mass is 9.84. The molecule has 0 radical (unpaired) electrons. The molecule has 106 valence electrons. The van der Waals surface area contributed by atoms with E-state index < -0.39 is 0 Å². The molecule has 0 spiro atoms. The number of fused-ring (bicyclic) bond motifs is 1. The minimum Gasteiger partial charge on any atom is -0.310 e. The number of hydrogen-bond donors (Lipinski definition) is 1. The van der Waals surface area contributed by atoms with Crippen molar-refractivity contribution in [2.45, 2.75) is 53.0 Å². The van der Waals surface area contributed by atoms with E-state index in [1.54, 1.807) is 11.1 Å². The van der Waals surface area contributed by atoms with E-state index in [2.05, 4.69) is 57.3 Å². The maximum atomic E-state index is 3.84. The fraction of sp³-hybridized carbons (Fsp3) is 0.667. The first-order valence-corrected chi connectivity index (χ1v) is 7.90. The van der Waals surface area contributed by atoms with Crippen molar-refractivity contribution in [1.29, 1.82) is 0 Å². The Labute approximate surface area is 118 Å². The molecule has 1 unspecified atom stereocenters. The lowest BCUT2D eigenvalue weighted by molar-refractivity contribution is 0.261. The molecular weight excluding hydrogens is 230 g/mol. The van der Waals surface area contributed by atoms with E-state index in [4.69, 9.17) is 0 Å². The first-order chi connectivity index (χ1) is 9.09. The van der Waals surface area contributed by atoms with Crippen LogP contribution in [0.15, 0.2) is 24.3 Å². The molecule has 1 aromatic rings. The van der Waals surface area contributed by atoms with Gasteiger partial charge >= 0.3 is 0 Å². The maximum Gasteiger partial charge on any atom is 0.0323 e. The zero-order valence-electron chi connectivity index (χ0n) is 12.9. The second-order valence-electron chi connectivity index (χ2n) is 6.70. The highest BCUT2D eigenvalue weighted by Crippen LogP contribution is 2.30. The molecule has 1 N–H and O–H groups in total. The highest BCUT2D eigenvalue weighted by Gasteiger charge is 2.22. The highest BCUT2D eigenvalue weighted by molar-refractivity contribution is 5.32. The summed E-state index contributed by atoms with van der Waals surface area (Å²) >= 11 is 0. The third-order valence-electron chi connectivity index (χ3n) is 4.68. The van der Waals surface area contributed by atoms with Crippen LogP contribution in [0.5, 0.6) is 0 Å². The predicted octanol–water partition coefficient (Wildman–Crippen LogP) is 4.58. The molecule has 0 saturated carbocycles. The van der Waals surface area contributed by atoms with Crippen molar-refractivity contribution in [2.75, 3.05) is 6.54 Å². The van der Waals surface area contributed by atoms with Crippen LogP contribution in [-0.2, 0) is 6.42 Å². The Morgan fingerprint density at radius 2 is 1.79 bits per heavy atom. The van der Waals surface area contributed by atoms with Gasteiger partial charge in [0, 0.05) is 6.04 Å². The third-order valence-corrected chi connectivity index (χ3v) is 4.68. The molecule has 1 heteroatoms. The van der Waals surface area contributed by atoms with Gasteiger partial charge in [-0.3, -0.25) is 0 Å². The van der Waals surface area contributed by atoms with E-state index in [1.165, 1.54) is 19.3 Å². The zero-order valence-corrected chi connectivity index (χ0v) is 12.9. The van der Waals surface area contributed by atoms with Crippen LogP contribution < -0.4 is 5.32 Å². The summed E-state index contributed by atoms with van der Waals surface area (Å²) in [5.41, 5.74) is 3.09. The fourth-order valence-corrected chi connectivity index (χ4v) is 3.49. The molecule has 19 heavy (non-hydrogen) atoms. The summed E-state index contributed by atoms with van der Waals surface area (Å²) in [5, 5.41) is 3.84. The van der Waals surface area contributed by atoms with Gasteiger partial charge in [0.25, 0.3) is 0 Å². The monoisotopic (exact) mass is 259 g/mol. The summed E-state index contributed by atoms with van der Waals surface area (Å²) in [4.78, 5) is 0. The Bertz CT molecular complexity index is 386. The Morgan fingerprint density at radius 1 is 1.11 bits per heavy atom. The van der Waals surface area contributed by atoms with Crippen molar-refractivity contribution in [3.05, 3.63) is 35.4 Å². The minimum absolute atomic E-state index is 0.574. The van der Waals surface area contributed by atoms with Crippen molar-refractivity contribution in [1.82, 2.24) is 5.32 Å². The first-order valence-electron chi connectivity index (χ1n) is 7.90. The summed E-state index contributed by atoms with van der Waals surface area (Å²) < 4.78 is 0. The van der Waals surface area contributed by atoms with E-state index >= 15 is 0 Å². The first kappa shape index (κ1) is 14.6. The van der Waals surface area contributed by atoms with Gasteiger partial charge in [0.05, 0.1) is 0 Å². The van der Waals surface area contributed by atoms with E-state index in [-0.39, 0.29) is 0 Å². The smallest absolute Gasteiger partial charge is 0.0323 e. The number of hydrogen-bond acceptors (Lipinski definition) is 1. The molecule has 1 nitrogen and oxygen atoms in total. The molecule has 0 aliphatic heterocycles. The molecular formula is C18H29N. The number of aryl methyl sites for hydroxylation is 1. The normalized spacial score (nSPS) is 19.2. The van der Waals surface area contributed by atoms with Crippen LogP contribution in [0.2, 0.25) is 0 Å². The number of benzene rings is 1. The van der Waals surface area contributed by atoms with Gasteiger partial charge in [0.2, 0.25) is 0 Å². The van der Waals surface area contributed by atoms with E-state index in [9.17, 15) is 0 Å². The molecule has 0 saturated heterocycles. The van der Waals surface area contributed by atoms with E-state index in [0.717, 1.165) is 24.3 Å². The van der Waals surface area contributed by atoms with Crippen LogP contribution in [0, 0.1) is 17.8 Å². The quantitative estimate of drug-likeness (QED) is 0.816. The zero-order chi connectivity index (χ0) is 13.8. The molecule has 1 aliphatic carbocycles. The Kier molecular flexibility index (Phi) is 5.04. The minimum atomic E-state index is 0.574. The topological polar surface area (TPSA) is 12.0 Å². The van der Waals surface area contributed by atoms with Gasteiger partial charge in [-0.15, -0.1) is 0 Å². The average Bonchev–Trinajstić information content (AvgIpc) is 2.38. The molecule has 1 atom stereocenters. The molecule has 1 aromatic carbocycles. The molecule has 0 bridgehead atoms. The van der Waals surface area contributed by atoms with Crippen molar-refractivity contribution in [3.63, 3.8) is 0 Å². The number of nitrogens with one attached hydrogen (secondary N) is 1. The lowest BCUT2D eigenvalue weighted by Crippen LogP contribution is -2.34. The largest absolute Gasteiger partial charge is 0.310 e. The molecule has 0 aromatic heterocycles. The molecule has 0 heterocycles. The Morgan fingerprint density at radius 3 is 2.47 bits per heavy atom. The Hall–Kier alpha value is -0.820. The van der Waals surface area contributed by atoms with Gasteiger partial charge < -0.3 is 5.32 Å². The third kappa shape index (κ3) is 3.60. The van der Waals surface area contributed by atoms with Crippen molar-refractivity contribution in [3.8, 4) is 0 Å². The summed E-state index contributed by atoms with van der Waals surface area (Å²) in [5.74, 6) is 2.28. The second-order valence-corrected chi connectivity index (χ2v) is 6.70. The fourth-order valence-electron chi connectivity index (χ4n) is 3.49. The lowest BCUT2D eigenvalue weighted by Gasteiger charge is -2.31. The van der Waals surface area contributed by atoms with Crippen LogP contribution >= 0.6 is 0 Å². The van der Waals surface area contributed by atoms with Crippen molar-refractivity contribution in [2.24, 2.45) is 17.8 Å². The molecule has 0 amide bonds. The van der Waals surface area contributed by atoms with Crippen LogP contribution in [0.1, 0.15) is 57.7 Å². The molecule has 1 aliphatic rings.